The van der Waals surface area contributed by atoms with Crippen molar-refractivity contribution < 1.29 is 13.2 Å². The number of carbonyl (C=O) groups is 1. The average Bonchev–Trinajstić information content (AvgIpc) is 3.32. The first-order valence-corrected chi connectivity index (χ1v) is 12.2. The van der Waals surface area contributed by atoms with Gasteiger partial charge in [0, 0.05) is 44.8 Å². The molecule has 4 rings (SSSR count). The second kappa shape index (κ2) is 9.29. The summed E-state index contributed by atoms with van der Waals surface area (Å²) >= 11 is 0. The van der Waals surface area contributed by atoms with Crippen LogP contribution >= 0.6 is 0 Å². The number of hydrogen-bond donors (Lipinski definition) is 1. The molecule has 30 heavy (non-hydrogen) atoms. The number of hydrogen-bond acceptors (Lipinski definition) is 4. The summed E-state index contributed by atoms with van der Waals surface area (Å²) in [5.74, 6) is -0.225. The van der Waals surface area contributed by atoms with Crippen LogP contribution in [0, 0.1) is 0 Å². The second-order valence-electron chi connectivity index (χ2n) is 8.04. The highest BCUT2D eigenvalue weighted by Gasteiger charge is 2.27. The van der Waals surface area contributed by atoms with E-state index in [4.69, 9.17) is 0 Å². The number of fused-ring (bicyclic) bond motifs is 1. The number of nitrogens with one attached hydrogen (secondary N) is 1. The molecule has 6 nitrogen and oxygen atoms in total. The Bertz CT molecular complexity index is 1000. The van der Waals surface area contributed by atoms with E-state index >= 15 is 0 Å². The zero-order valence-corrected chi connectivity index (χ0v) is 18.0. The smallest absolute Gasteiger partial charge is 0.251 e. The van der Waals surface area contributed by atoms with Crippen molar-refractivity contribution in [3.05, 3.63) is 65.2 Å². The van der Waals surface area contributed by atoms with Gasteiger partial charge in [0.15, 0.2) is 0 Å². The average molecular weight is 428 g/mol. The van der Waals surface area contributed by atoms with Crippen molar-refractivity contribution in [2.24, 2.45) is 0 Å². The van der Waals surface area contributed by atoms with Crippen molar-refractivity contribution in [2.45, 2.75) is 37.1 Å². The SMILES string of the molecule is O=C(NCCCN1CCc2ccccc2C1)c1cccc(S(=O)(=O)N2CCCC2)c1. The molecule has 7 heteroatoms. The van der Waals surface area contributed by atoms with E-state index in [0.29, 0.717) is 25.2 Å². The maximum Gasteiger partial charge on any atom is 0.251 e. The molecule has 0 unspecified atom stereocenters. The third kappa shape index (κ3) is 4.74. The van der Waals surface area contributed by atoms with Crippen LogP contribution in [0.25, 0.3) is 0 Å². The molecule has 1 fully saturated rings. The molecule has 2 aliphatic heterocycles. The molecule has 2 heterocycles. The van der Waals surface area contributed by atoms with Gasteiger partial charge >= 0.3 is 0 Å². The quantitative estimate of drug-likeness (QED) is 0.690. The first-order chi connectivity index (χ1) is 14.5. The van der Waals surface area contributed by atoms with Gasteiger partial charge < -0.3 is 5.32 Å². The van der Waals surface area contributed by atoms with E-state index in [1.54, 1.807) is 18.2 Å². The number of nitrogens with zero attached hydrogens (tertiary/aromatic N) is 2. The molecule has 1 N–H and O–H groups in total. The van der Waals surface area contributed by atoms with Gasteiger partial charge in [0.05, 0.1) is 4.90 Å². The van der Waals surface area contributed by atoms with E-state index in [2.05, 4.69) is 34.5 Å². The van der Waals surface area contributed by atoms with E-state index in [9.17, 15) is 13.2 Å². The normalized spacial score (nSPS) is 17.6. The lowest BCUT2D eigenvalue weighted by molar-refractivity contribution is 0.0951. The summed E-state index contributed by atoms with van der Waals surface area (Å²) in [6, 6.07) is 14.9. The molecule has 2 aliphatic rings. The minimum Gasteiger partial charge on any atom is -0.352 e. The summed E-state index contributed by atoms with van der Waals surface area (Å²) in [4.78, 5) is 15.1. The monoisotopic (exact) mass is 427 g/mol. The standard InChI is InChI=1S/C23H29N3O3S/c27-23(20-9-5-10-22(17-20)30(28,29)26-14-3-4-15-26)24-12-6-13-25-16-11-19-7-1-2-8-21(19)18-25/h1-2,5,7-10,17H,3-4,6,11-16,18H2,(H,24,27). The lowest BCUT2D eigenvalue weighted by atomic mass is 10.00. The maximum atomic E-state index is 12.7. The zero-order valence-electron chi connectivity index (χ0n) is 17.2. The van der Waals surface area contributed by atoms with Crippen molar-refractivity contribution in [3.63, 3.8) is 0 Å². The minimum atomic E-state index is -3.51. The molecule has 0 aromatic heterocycles. The van der Waals surface area contributed by atoms with E-state index in [1.165, 1.54) is 21.5 Å². The first-order valence-electron chi connectivity index (χ1n) is 10.7. The van der Waals surface area contributed by atoms with E-state index in [0.717, 1.165) is 45.3 Å². The van der Waals surface area contributed by atoms with Gasteiger partial charge in [0.2, 0.25) is 10.0 Å². The fraction of sp³-hybridized carbons (Fsp3) is 0.435. The highest BCUT2D eigenvalue weighted by Crippen LogP contribution is 2.22. The van der Waals surface area contributed by atoms with Crippen LogP contribution in [0.2, 0.25) is 0 Å². The molecule has 1 amide bonds. The van der Waals surface area contributed by atoms with Crippen LogP contribution < -0.4 is 5.32 Å². The van der Waals surface area contributed by atoms with E-state index in [1.807, 2.05) is 0 Å². The summed E-state index contributed by atoms with van der Waals surface area (Å²) in [5.41, 5.74) is 3.22. The Morgan fingerprint density at radius 2 is 1.73 bits per heavy atom. The van der Waals surface area contributed by atoms with Gasteiger partial charge in [-0.15, -0.1) is 0 Å². The maximum absolute atomic E-state index is 12.7. The molecular formula is C23H29N3O3S. The number of sulfonamides is 1. The third-order valence-corrected chi connectivity index (χ3v) is 7.84. The van der Waals surface area contributed by atoms with Crippen molar-refractivity contribution in [3.8, 4) is 0 Å². The molecule has 0 saturated carbocycles. The summed E-state index contributed by atoms with van der Waals surface area (Å²) in [6.07, 6.45) is 3.71. The van der Waals surface area contributed by atoms with Crippen molar-refractivity contribution in [1.82, 2.24) is 14.5 Å². The molecule has 0 aliphatic carbocycles. The Morgan fingerprint density at radius 3 is 2.53 bits per heavy atom. The van der Waals surface area contributed by atoms with Crippen LogP contribution in [-0.4, -0.2) is 56.3 Å². The topological polar surface area (TPSA) is 69.7 Å². The molecule has 0 atom stereocenters. The number of rotatable bonds is 7. The molecule has 0 spiro atoms. The fourth-order valence-electron chi connectivity index (χ4n) is 4.23. The molecule has 1 saturated heterocycles. The van der Waals surface area contributed by atoms with Crippen LogP contribution in [0.1, 0.15) is 40.7 Å². The van der Waals surface area contributed by atoms with Crippen LogP contribution in [0.5, 0.6) is 0 Å². The Labute approximate surface area is 178 Å². The Morgan fingerprint density at radius 1 is 0.967 bits per heavy atom. The minimum absolute atomic E-state index is 0.198. The molecule has 0 bridgehead atoms. The molecule has 160 valence electrons. The van der Waals surface area contributed by atoms with Gasteiger partial charge in [0.25, 0.3) is 5.91 Å². The summed E-state index contributed by atoms with van der Waals surface area (Å²) < 4.78 is 26.9. The second-order valence-corrected chi connectivity index (χ2v) is 9.98. The van der Waals surface area contributed by atoms with Gasteiger partial charge in [-0.1, -0.05) is 30.3 Å². The van der Waals surface area contributed by atoms with E-state index < -0.39 is 10.0 Å². The lowest BCUT2D eigenvalue weighted by Gasteiger charge is -2.28. The highest BCUT2D eigenvalue weighted by molar-refractivity contribution is 7.89. The molecule has 2 aromatic rings. The summed E-state index contributed by atoms with van der Waals surface area (Å²) in [6.45, 7) is 4.61. The van der Waals surface area contributed by atoms with Crippen molar-refractivity contribution >= 4 is 15.9 Å². The third-order valence-electron chi connectivity index (χ3n) is 5.95. The fourth-order valence-corrected chi connectivity index (χ4v) is 5.79. The van der Waals surface area contributed by atoms with Gasteiger partial charge in [-0.3, -0.25) is 9.69 Å². The van der Waals surface area contributed by atoms with Gasteiger partial charge in [0.1, 0.15) is 0 Å². The lowest BCUT2D eigenvalue weighted by Crippen LogP contribution is -2.33. The number of amides is 1. The van der Waals surface area contributed by atoms with E-state index in [-0.39, 0.29) is 10.8 Å². The van der Waals surface area contributed by atoms with Crippen LogP contribution in [0.4, 0.5) is 0 Å². The number of benzene rings is 2. The van der Waals surface area contributed by atoms with Crippen LogP contribution in [0.3, 0.4) is 0 Å². The first kappa shape index (κ1) is 21.0. The molecule has 2 aromatic carbocycles. The predicted molar refractivity (Wildman–Crippen MR) is 117 cm³/mol. The van der Waals surface area contributed by atoms with Crippen LogP contribution in [0.15, 0.2) is 53.4 Å². The summed E-state index contributed by atoms with van der Waals surface area (Å²) in [7, 11) is -3.51. The van der Waals surface area contributed by atoms with Gasteiger partial charge in [-0.2, -0.15) is 4.31 Å². The highest BCUT2D eigenvalue weighted by atomic mass is 32.2. The van der Waals surface area contributed by atoms with Crippen LogP contribution in [-0.2, 0) is 23.0 Å². The number of carbonyl (C=O) groups excluding carboxylic acids is 1. The zero-order chi connectivity index (χ0) is 21.0. The predicted octanol–water partition coefficient (Wildman–Crippen LogP) is 2.65. The largest absolute Gasteiger partial charge is 0.352 e. The van der Waals surface area contributed by atoms with Gasteiger partial charge in [-0.25, -0.2) is 8.42 Å². The Balaban J connectivity index is 1.28. The Hall–Kier alpha value is -2.22. The van der Waals surface area contributed by atoms with Crippen molar-refractivity contribution in [1.29, 1.82) is 0 Å². The molecule has 0 radical (unpaired) electrons. The Kier molecular flexibility index (Phi) is 6.51. The molecular weight excluding hydrogens is 398 g/mol. The summed E-state index contributed by atoms with van der Waals surface area (Å²) in [5, 5.41) is 2.93. The van der Waals surface area contributed by atoms with Crippen molar-refractivity contribution in [2.75, 3.05) is 32.7 Å². The van der Waals surface area contributed by atoms with Gasteiger partial charge in [-0.05, 0) is 55.0 Å².